The summed E-state index contributed by atoms with van der Waals surface area (Å²) in [5.74, 6) is 0. The number of rotatable bonds is 5. The molecular formula is C10H14BrIS. The third-order valence-electron chi connectivity index (χ3n) is 2.03. The quantitative estimate of drug-likeness (QED) is 0.489. The summed E-state index contributed by atoms with van der Waals surface area (Å²) in [6.07, 6.45) is 6.63. The number of thiophene rings is 1. The first kappa shape index (κ1) is 12.0. The van der Waals surface area contributed by atoms with Gasteiger partial charge in [0.15, 0.2) is 0 Å². The van der Waals surface area contributed by atoms with Gasteiger partial charge in [-0.1, -0.05) is 26.2 Å². The smallest absolute Gasteiger partial charge is 0.0741 e. The molecule has 0 unspecified atom stereocenters. The maximum atomic E-state index is 3.60. The molecule has 0 N–H and O–H groups in total. The molecule has 0 aliphatic carbocycles. The van der Waals surface area contributed by atoms with Crippen LogP contribution in [0.3, 0.4) is 0 Å². The number of hydrogen-bond acceptors (Lipinski definition) is 1. The fourth-order valence-corrected chi connectivity index (χ4v) is 4.73. The minimum absolute atomic E-state index is 1.24. The Morgan fingerprint density at radius 2 is 2.15 bits per heavy atom. The minimum Gasteiger partial charge on any atom is -0.122 e. The van der Waals surface area contributed by atoms with Crippen molar-refractivity contribution in [2.24, 2.45) is 0 Å². The highest BCUT2D eigenvalue weighted by Gasteiger charge is 2.03. The number of hydrogen-bond donors (Lipinski definition) is 0. The van der Waals surface area contributed by atoms with Gasteiger partial charge in [0.1, 0.15) is 0 Å². The highest BCUT2D eigenvalue weighted by Crippen LogP contribution is 2.30. The predicted octanol–water partition coefficient (Wildman–Crippen LogP) is 5.24. The van der Waals surface area contributed by atoms with Crippen molar-refractivity contribution < 1.29 is 0 Å². The van der Waals surface area contributed by atoms with Crippen molar-refractivity contribution in [3.05, 3.63) is 18.3 Å². The van der Waals surface area contributed by atoms with E-state index in [1.807, 2.05) is 11.3 Å². The summed E-state index contributed by atoms with van der Waals surface area (Å²) in [5.41, 5.74) is 1.49. The topological polar surface area (TPSA) is 0 Å². The first-order valence-corrected chi connectivity index (χ1v) is 7.36. The van der Waals surface area contributed by atoms with Gasteiger partial charge in [-0.15, -0.1) is 11.3 Å². The lowest BCUT2D eigenvalue weighted by atomic mass is 10.1. The molecule has 0 atom stereocenters. The average Bonchev–Trinajstić information content (AvgIpc) is 2.39. The molecule has 0 aliphatic rings. The van der Waals surface area contributed by atoms with Gasteiger partial charge in [0.05, 0.1) is 6.67 Å². The van der Waals surface area contributed by atoms with Gasteiger partial charge >= 0.3 is 0 Å². The maximum absolute atomic E-state index is 3.60. The van der Waals surface area contributed by atoms with E-state index in [1.165, 1.54) is 44.3 Å². The van der Waals surface area contributed by atoms with Crippen LogP contribution in [0.5, 0.6) is 0 Å². The van der Waals surface area contributed by atoms with E-state index in [9.17, 15) is 0 Å². The van der Waals surface area contributed by atoms with E-state index in [4.69, 9.17) is 0 Å². The van der Waals surface area contributed by atoms with Crippen LogP contribution in [0.1, 0.15) is 38.2 Å². The Hall–Kier alpha value is 0.910. The average molecular weight is 373 g/mol. The van der Waals surface area contributed by atoms with E-state index in [-0.39, 0.29) is 0 Å². The monoisotopic (exact) mass is 372 g/mol. The summed E-state index contributed by atoms with van der Waals surface area (Å²) in [6, 6.07) is 2.29. The molecule has 0 aliphatic heterocycles. The van der Waals surface area contributed by atoms with Crippen LogP contribution >= 0.6 is 49.9 Å². The molecule has 0 radical (unpaired) electrons. The molecule has 74 valence electrons. The van der Waals surface area contributed by atoms with Crippen molar-refractivity contribution in [2.45, 2.75) is 39.0 Å². The lowest BCUT2D eigenvalue weighted by Crippen LogP contribution is -1.83. The molecule has 0 saturated heterocycles. The normalized spacial score (nSPS) is 10.7. The van der Waals surface area contributed by atoms with E-state index >= 15 is 0 Å². The van der Waals surface area contributed by atoms with Crippen LogP contribution in [0, 0.1) is 2.88 Å². The van der Waals surface area contributed by atoms with Crippen LogP contribution in [0.4, 0.5) is 0 Å². The zero-order valence-corrected chi connectivity index (χ0v) is 12.3. The van der Waals surface area contributed by atoms with Crippen LogP contribution in [0.15, 0.2) is 9.85 Å². The highest BCUT2D eigenvalue weighted by atomic mass is 127. The minimum atomic E-state index is 1.24. The van der Waals surface area contributed by atoms with Gasteiger partial charge in [-0.3, -0.25) is 0 Å². The van der Waals surface area contributed by atoms with Crippen molar-refractivity contribution >= 4 is 49.9 Å². The molecule has 0 amide bonds. The number of unbranched alkanes of at least 4 members (excludes halogenated alkanes) is 3. The summed E-state index contributed by atoms with van der Waals surface area (Å²) in [5, 5.41) is 0. The van der Waals surface area contributed by atoms with E-state index in [1.54, 1.807) is 0 Å². The Labute approximate surface area is 106 Å². The van der Waals surface area contributed by atoms with Gasteiger partial charge in [0.2, 0.25) is 0 Å². The summed E-state index contributed by atoms with van der Waals surface area (Å²) in [4.78, 5) is 0. The Balaban J connectivity index is 2.32. The fourth-order valence-electron chi connectivity index (χ4n) is 1.29. The van der Waals surface area contributed by atoms with E-state index in [0.29, 0.717) is 0 Å². The van der Waals surface area contributed by atoms with Crippen molar-refractivity contribution in [3.63, 3.8) is 0 Å². The molecule has 1 aromatic heterocycles. The van der Waals surface area contributed by atoms with Crippen LogP contribution in [0.2, 0.25) is 0 Å². The number of halogens is 2. The zero-order chi connectivity index (χ0) is 9.68. The maximum Gasteiger partial charge on any atom is 0.0741 e. The molecule has 1 aromatic rings. The van der Waals surface area contributed by atoms with Crippen molar-refractivity contribution in [1.29, 1.82) is 0 Å². The lowest BCUT2D eigenvalue weighted by Gasteiger charge is -1.98. The second kappa shape index (κ2) is 6.40. The highest BCUT2D eigenvalue weighted by molar-refractivity contribution is 14.1. The molecule has 13 heavy (non-hydrogen) atoms. The molecule has 0 bridgehead atoms. The van der Waals surface area contributed by atoms with Crippen LogP contribution < -0.4 is 0 Å². The SMILES string of the molecule is CCCCCCc1cc(I)sc1Br. The van der Waals surface area contributed by atoms with Crippen LogP contribution in [0.25, 0.3) is 0 Å². The van der Waals surface area contributed by atoms with Gasteiger partial charge in [-0.25, -0.2) is 0 Å². The molecular weight excluding hydrogens is 359 g/mol. The summed E-state index contributed by atoms with van der Waals surface area (Å²) in [7, 11) is 0. The van der Waals surface area contributed by atoms with E-state index in [0.717, 1.165) is 0 Å². The summed E-state index contributed by atoms with van der Waals surface area (Å²) in [6.45, 7) is 2.25. The lowest BCUT2D eigenvalue weighted by molar-refractivity contribution is 0.667. The summed E-state index contributed by atoms with van der Waals surface area (Å²) >= 11 is 7.82. The molecule has 0 aromatic carbocycles. The van der Waals surface area contributed by atoms with Gasteiger partial charge in [0, 0.05) is 0 Å². The van der Waals surface area contributed by atoms with Gasteiger partial charge < -0.3 is 0 Å². The molecule has 0 fully saturated rings. The summed E-state index contributed by atoms with van der Waals surface area (Å²) < 4.78 is 2.71. The second-order valence-electron chi connectivity index (χ2n) is 3.16. The van der Waals surface area contributed by atoms with Crippen LogP contribution in [-0.2, 0) is 6.42 Å². The third-order valence-corrected chi connectivity index (χ3v) is 4.75. The van der Waals surface area contributed by atoms with Crippen molar-refractivity contribution in [1.82, 2.24) is 0 Å². The largest absolute Gasteiger partial charge is 0.122 e. The molecule has 0 nitrogen and oxygen atoms in total. The molecule has 1 rings (SSSR count). The van der Waals surface area contributed by atoms with Crippen molar-refractivity contribution in [3.8, 4) is 0 Å². The molecule has 1 heterocycles. The van der Waals surface area contributed by atoms with Gasteiger partial charge in [0.25, 0.3) is 0 Å². The number of aryl methyl sites for hydroxylation is 1. The third kappa shape index (κ3) is 4.30. The first-order valence-electron chi connectivity index (χ1n) is 4.67. The predicted molar refractivity (Wildman–Crippen MR) is 72.6 cm³/mol. The Bertz CT molecular complexity index is 257. The Morgan fingerprint density at radius 3 is 2.69 bits per heavy atom. The van der Waals surface area contributed by atoms with E-state index in [2.05, 4.69) is 51.5 Å². The molecule has 3 heteroatoms. The molecule has 0 saturated carbocycles. The fraction of sp³-hybridized carbons (Fsp3) is 0.600. The van der Waals surface area contributed by atoms with Gasteiger partial charge in [-0.2, -0.15) is 0 Å². The molecule has 0 spiro atoms. The van der Waals surface area contributed by atoms with E-state index < -0.39 is 0 Å². The Morgan fingerprint density at radius 1 is 1.38 bits per heavy atom. The van der Waals surface area contributed by atoms with Crippen molar-refractivity contribution in [2.75, 3.05) is 0 Å². The standard InChI is InChI=1S/C10H14BrIS/c1-2-3-4-5-6-8-7-9(12)13-10(8)11/h7H,2-6H2,1H3. The van der Waals surface area contributed by atoms with Gasteiger partial charge in [-0.05, 0) is 63.0 Å². The second-order valence-corrected chi connectivity index (χ2v) is 7.42. The first-order chi connectivity index (χ1) is 6.24. The zero-order valence-electron chi connectivity index (χ0n) is 7.78. The Kier molecular flexibility index (Phi) is 5.90. The van der Waals surface area contributed by atoms with Crippen LogP contribution in [-0.4, -0.2) is 0 Å².